The largest absolute Gasteiger partial charge is 0.466 e. The summed E-state index contributed by atoms with van der Waals surface area (Å²) in [5, 5.41) is 0. The van der Waals surface area contributed by atoms with E-state index >= 15 is 0 Å². The van der Waals surface area contributed by atoms with E-state index in [9.17, 15) is 9.59 Å². The van der Waals surface area contributed by atoms with E-state index in [0.29, 0.717) is 31.7 Å². The fourth-order valence-corrected chi connectivity index (χ4v) is 1.77. The van der Waals surface area contributed by atoms with Gasteiger partial charge >= 0.3 is 11.9 Å². The smallest absolute Gasteiger partial charge is 0.337 e. The Kier molecular flexibility index (Phi) is 6.73. The van der Waals surface area contributed by atoms with Crippen molar-refractivity contribution in [2.75, 3.05) is 27.3 Å². The lowest BCUT2D eigenvalue weighted by Gasteiger charge is -2.16. The van der Waals surface area contributed by atoms with Crippen molar-refractivity contribution in [1.82, 2.24) is 4.90 Å². The van der Waals surface area contributed by atoms with Gasteiger partial charge in [0, 0.05) is 13.1 Å². The third kappa shape index (κ3) is 5.40. The quantitative estimate of drug-likeness (QED) is 0.713. The summed E-state index contributed by atoms with van der Waals surface area (Å²) in [5.41, 5.74) is 1.61. The first-order valence-corrected chi connectivity index (χ1v) is 6.58. The van der Waals surface area contributed by atoms with Crippen molar-refractivity contribution in [2.45, 2.75) is 19.9 Å². The number of benzene rings is 1. The van der Waals surface area contributed by atoms with E-state index in [4.69, 9.17) is 4.74 Å². The van der Waals surface area contributed by atoms with E-state index in [1.54, 1.807) is 19.1 Å². The predicted molar refractivity (Wildman–Crippen MR) is 75.4 cm³/mol. The zero-order valence-electron chi connectivity index (χ0n) is 12.2. The lowest BCUT2D eigenvalue weighted by atomic mass is 10.1. The molecule has 0 heterocycles. The SMILES string of the molecule is CCOC(=O)CCN(C)Cc1ccc(C(=O)OC)cc1. The van der Waals surface area contributed by atoms with E-state index in [2.05, 4.69) is 4.74 Å². The summed E-state index contributed by atoms with van der Waals surface area (Å²) >= 11 is 0. The molecule has 110 valence electrons. The summed E-state index contributed by atoms with van der Waals surface area (Å²) in [5.74, 6) is -0.521. The van der Waals surface area contributed by atoms with Crippen LogP contribution in [0.4, 0.5) is 0 Å². The van der Waals surface area contributed by atoms with E-state index in [0.717, 1.165) is 5.56 Å². The first kappa shape index (κ1) is 16.2. The van der Waals surface area contributed by atoms with Gasteiger partial charge in [-0.3, -0.25) is 4.79 Å². The molecule has 0 fully saturated rings. The van der Waals surface area contributed by atoms with E-state index in [-0.39, 0.29) is 11.9 Å². The van der Waals surface area contributed by atoms with Crippen LogP contribution in [0.2, 0.25) is 0 Å². The van der Waals surface area contributed by atoms with Gasteiger partial charge in [0.2, 0.25) is 0 Å². The molecule has 0 radical (unpaired) electrons. The molecule has 0 aliphatic carbocycles. The third-order valence-corrected chi connectivity index (χ3v) is 2.83. The van der Waals surface area contributed by atoms with Crippen LogP contribution >= 0.6 is 0 Å². The highest BCUT2D eigenvalue weighted by molar-refractivity contribution is 5.89. The average molecular weight is 279 g/mol. The number of esters is 2. The first-order valence-electron chi connectivity index (χ1n) is 6.58. The second kappa shape index (κ2) is 8.32. The van der Waals surface area contributed by atoms with Gasteiger partial charge in [0.1, 0.15) is 0 Å². The second-order valence-electron chi connectivity index (χ2n) is 4.48. The number of methoxy groups -OCH3 is 1. The number of hydrogen-bond donors (Lipinski definition) is 0. The molecule has 20 heavy (non-hydrogen) atoms. The van der Waals surface area contributed by atoms with Crippen LogP contribution in [-0.4, -0.2) is 44.1 Å². The van der Waals surface area contributed by atoms with Crippen LogP contribution in [0.25, 0.3) is 0 Å². The van der Waals surface area contributed by atoms with Gasteiger partial charge < -0.3 is 14.4 Å². The van der Waals surface area contributed by atoms with Gasteiger partial charge in [-0.25, -0.2) is 4.79 Å². The molecule has 1 aromatic rings. The summed E-state index contributed by atoms with van der Waals surface area (Å²) in [6.45, 7) is 3.56. The van der Waals surface area contributed by atoms with Gasteiger partial charge in [-0.2, -0.15) is 0 Å². The zero-order chi connectivity index (χ0) is 15.0. The standard InChI is InChI=1S/C15H21NO4/c1-4-20-14(17)9-10-16(2)11-12-5-7-13(8-6-12)15(18)19-3/h5-8H,4,9-11H2,1-3H3. The second-order valence-corrected chi connectivity index (χ2v) is 4.48. The molecule has 1 aromatic carbocycles. The highest BCUT2D eigenvalue weighted by atomic mass is 16.5. The van der Waals surface area contributed by atoms with Gasteiger partial charge in [0.25, 0.3) is 0 Å². The maximum absolute atomic E-state index is 11.3. The molecule has 0 spiro atoms. The highest BCUT2D eigenvalue weighted by Gasteiger charge is 2.07. The molecule has 0 atom stereocenters. The lowest BCUT2D eigenvalue weighted by molar-refractivity contribution is -0.143. The Morgan fingerprint density at radius 2 is 1.85 bits per heavy atom. The molecule has 0 saturated carbocycles. The highest BCUT2D eigenvalue weighted by Crippen LogP contribution is 2.08. The predicted octanol–water partition coefficient (Wildman–Crippen LogP) is 1.86. The fraction of sp³-hybridized carbons (Fsp3) is 0.467. The summed E-state index contributed by atoms with van der Waals surface area (Å²) in [4.78, 5) is 24.6. The number of carbonyl (C=O) groups excluding carboxylic acids is 2. The Labute approximate surface area is 119 Å². The molecule has 0 N–H and O–H groups in total. The van der Waals surface area contributed by atoms with Gasteiger partial charge in [-0.15, -0.1) is 0 Å². The van der Waals surface area contributed by atoms with Crippen molar-refractivity contribution < 1.29 is 19.1 Å². The molecule has 0 aliphatic rings. The van der Waals surface area contributed by atoms with Gasteiger partial charge in [0.05, 0.1) is 25.7 Å². The summed E-state index contributed by atoms with van der Waals surface area (Å²) in [7, 11) is 3.30. The third-order valence-electron chi connectivity index (χ3n) is 2.83. The molecular weight excluding hydrogens is 258 g/mol. The first-order chi connectivity index (χ1) is 9.56. The fourth-order valence-electron chi connectivity index (χ4n) is 1.77. The van der Waals surface area contributed by atoms with E-state index in [1.165, 1.54) is 7.11 Å². The molecule has 0 bridgehead atoms. The van der Waals surface area contributed by atoms with Gasteiger partial charge in [0.15, 0.2) is 0 Å². The minimum Gasteiger partial charge on any atom is -0.466 e. The van der Waals surface area contributed by atoms with Crippen LogP contribution in [0.15, 0.2) is 24.3 Å². The number of rotatable bonds is 7. The van der Waals surface area contributed by atoms with E-state index in [1.807, 2.05) is 24.1 Å². The molecule has 0 aliphatic heterocycles. The normalized spacial score (nSPS) is 10.4. The van der Waals surface area contributed by atoms with Crippen LogP contribution in [0, 0.1) is 0 Å². The Morgan fingerprint density at radius 3 is 2.40 bits per heavy atom. The Balaban J connectivity index is 2.44. The van der Waals surface area contributed by atoms with Crippen molar-refractivity contribution in [3.8, 4) is 0 Å². The summed E-state index contributed by atoms with van der Waals surface area (Å²) in [6.07, 6.45) is 0.380. The molecule has 5 nitrogen and oxygen atoms in total. The van der Waals surface area contributed by atoms with Gasteiger partial charge in [-0.1, -0.05) is 12.1 Å². The Hall–Kier alpha value is -1.88. The maximum atomic E-state index is 11.3. The Morgan fingerprint density at radius 1 is 1.20 bits per heavy atom. The number of ether oxygens (including phenoxy) is 2. The van der Waals surface area contributed by atoms with Crippen LogP contribution in [0.3, 0.4) is 0 Å². The van der Waals surface area contributed by atoms with Gasteiger partial charge in [-0.05, 0) is 31.7 Å². The molecule has 0 saturated heterocycles. The molecule has 0 unspecified atom stereocenters. The summed E-state index contributed by atoms with van der Waals surface area (Å²) < 4.78 is 9.52. The van der Waals surface area contributed by atoms with Crippen LogP contribution in [-0.2, 0) is 20.8 Å². The van der Waals surface area contributed by atoms with Crippen molar-refractivity contribution >= 4 is 11.9 Å². The number of nitrogens with zero attached hydrogens (tertiary/aromatic N) is 1. The molecular formula is C15H21NO4. The molecule has 5 heteroatoms. The molecule has 0 aromatic heterocycles. The minimum atomic E-state index is -0.341. The van der Waals surface area contributed by atoms with Crippen molar-refractivity contribution in [2.24, 2.45) is 0 Å². The van der Waals surface area contributed by atoms with Crippen LogP contribution < -0.4 is 0 Å². The maximum Gasteiger partial charge on any atom is 0.337 e. The number of carbonyl (C=O) groups is 2. The van der Waals surface area contributed by atoms with Crippen molar-refractivity contribution in [3.05, 3.63) is 35.4 Å². The lowest BCUT2D eigenvalue weighted by Crippen LogP contribution is -2.22. The van der Waals surface area contributed by atoms with Crippen molar-refractivity contribution in [3.63, 3.8) is 0 Å². The molecule has 0 amide bonds. The van der Waals surface area contributed by atoms with Crippen LogP contribution in [0.1, 0.15) is 29.3 Å². The zero-order valence-corrected chi connectivity index (χ0v) is 12.2. The van der Waals surface area contributed by atoms with E-state index < -0.39 is 0 Å². The topological polar surface area (TPSA) is 55.8 Å². The molecule has 1 rings (SSSR count). The minimum absolute atomic E-state index is 0.180. The Bertz CT molecular complexity index is 442. The van der Waals surface area contributed by atoms with Crippen LogP contribution in [0.5, 0.6) is 0 Å². The monoisotopic (exact) mass is 279 g/mol. The average Bonchev–Trinajstić information content (AvgIpc) is 2.45. The number of hydrogen-bond acceptors (Lipinski definition) is 5. The summed E-state index contributed by atoms with van der Waals surface area (Å²) in [6, 6.07) is 7.24. The van der Waals surface area contributed by atoms with Crippen molar-refractivity contribution in [1.29, 1.82) is 0 Å².